The monoisotopic (exact) mass is 299 g/mol. The van der Waals surface area contributed by atoms with Gasteiger partial charge in [0.1, 0.15) is 5.60 Å². The van der Waals surface area contributed by atoms with E-state index in [4.69, 9.17) is 9.47 Å². The number of aliphatic hydroxyl groups is 1. The average Bonchev–Trinajstić information content (AvgIpc) is 2.83. The Bertz CT molecular complexity index is 453. The van der Waals surface area contributed by atoms with Crippen LogP contribution in [0.15, 0.2) is 12.5 Å². The number of ether oxygens (including phenoxy) is 2. The second kappa shape index (κ2) is 7.42. The fourth-order valence-electron chi connectivity index (χ4n) is 1.94. The minimum atomic E-state index is -0.590. The van der Waals surface area contributed by atoms with Crippen molar-refractivity contribution in [3.05, 3.63) is 18.2 Å². The van der Waals surface area contributed by atoms with Crippen molar-refractivity contribution in [2.24, 2.45) is 0 Å². The summed E-state index contributed by atoms with van der Waals surface area (Å²) in [5.41, 5.74) is 0.112. The lowest BCUT2D eigenvalue weighted by Crippen LogP contribution is -2.37. The van der Waals surface area contributed by atoms with Crippen molar-refractivity contribution in [2.75, 3.05) is 20.3 Å². The second-order valence-electron chi connectivity index (χ2n) is 5.91. The molecule has 0 aliphatic rings. The van der Waals surface area contributed by atoms with Crippen molar-refractivity contribution >= 4 is 6.09 Å². The standard InChI is InChI=1S/C14H25N3O4/c1-10(8-20-5)17-9-15-6-12(17)11(7-18)16-13(19)21-14(2,3)4/h6,9-11,18H,7-8H2,1-5H3,(H,16,19). The van der Waals surface area contributed by atoms with Crippen LogP contribution in [-0.2, 0) is 9.47 Å². The molecule has 0 saturated carbocycles. The Morgan fingerprint density at radius 2 is 2.19 bits per heavy atom. The predicted octanol–water partition coefficient (Wildman–Crippen LogP) is 1.65. The highest BCUT2D eigenvalue weighted by atomic mass is 16.6. The first-order valence-corrected chi connectivity index (χ1v) is 6.89. The lowest BCUT2D eigenvalue weighted by atomic mass is 10.2. The Hall–Kier alpha value is -1.60. The van der Waals surface area contributed by atoms with Crippen LogP contribution in [0.5, 0.6) is 0 Å². The maximum atomic E-state index is 11.8. The number of carbonyl (C=O) groups excluding carboxylic acids is 1. The molecule has 0 aromatic carbocycles. The first-order chi connectivity index (χ1) is 9.78. The van der Waals surface area contributed by atoms with Gasteiger partial charge < -0.3 is 24.5 Å². The van der Waals surface area contributed by atoms with E-state index in [9.17, 15) is 9.90 Å². The molecule has 0 aliphatic heterocycles. The normalized spacial score (nSPS) is 14.6. The van der Waals surface area contributed by atoms with Gasteiger partial charge in [0.2, 0.25) is 0 Å². The van der Waals surface area contributed by atoms with Crippen LogP contribution in [0.3, 0.4) is 0 Å². The molecule has 1 rings (SSSR count). The maximum Gasteiger partial charge on any atom is 0.408 e. The van der Waals surface area contributed by atoms with Crippen LogP contribution in [-0.4, -0.2) is 46.7 Å². The summed E-state index contributed by atoms with van der Waals surface area (Å²) in [4.78, 5) is 15.9. The topological polar surface area (TPSA) is 85.6 Å². The summed E-state index contributed by atoms with van der Waals surface area (Å²) in [5.74, 6) is 0. The molecule has 0 fully saturated rings. The molecule has 2 unspecified atom stereocenters. The van der Waals surface area contributed by atoms with Gasteiger partial charge in [0.05, 0.1) is 43.5 Å². The highest BCUT2D eigenvalue weighted by molar-refractivity contribution is 5.68. The van der Waals surface area contributed by atoms with Gasteiger partial charge in [0, 0.05) is 7.11 Å². The zero-order valence-corrected chi connectivity index (χ0v) is 13.3. The van der Waals surface area contributed by atoms with Crippen molar-refractivity contribution in [2.45, 2.75) is 45.4 Å². The summed E-state index contributed by atoms with van der Waals surface area (Å²) < 4.78 is 12.2. The van der Waals surface area contributed by atoms with Gasteiger partial charge in [0.25, 0.3) is 0 Å². The number of imidazole rings is 1. The molecule has 1 aromatic rings. The fraction of sp³-hybridized carbons (Fsp3) is 0.714. The third-order valence-corrected chi connectivity index (χ3v) is 2.81. The van der Waals surface area contributed by atoms with Gasteiger partial charge >= 0.3 is 6.09 Å². The summed E-state index contributed by atoms with van der Waals surface area (Å²) in [6, 6.07) is -0.538. The highest BCUT2D eigenvalue weighted by Gasteiger charge is 2.23. The summed E-state index contributed by atoms with van der Waals surface area (Å²) in [6.45, 7) is 7.58. The lowest BCUT2D eigenvalue weighted by Gasteiger charge is -2.24. The van der Waals surface area contributed by atoms with Crippen LogP contribution in [0.1, 0.15) is 45.5 Å². The van der Waals surface area contributed by atoms with Crippen LogP contribution in [0.4, 0.5) is 4.79 Å². The number of nitrogens with one attached hydrogen (secondary N) is 1. The second-order valence-corrected chi connectivity index (χ2v) is 5.91. The molecule has 0 bridgehead atoms. The van der Waals surface area contributed by atoms with Gasteiger partial charge in [-0.15, -0.1) is 0 Å². The summed E-state index contributed by atoms with van der Waals surface area (Å²) in [6.07, 6.45) is 2.69. The molecule has 0 saturated heterocycles. The number of amides is 1. The molecule has 1 amide bonds. The SMILES string of the molecule is COCC(C)n1cncc1C(CO)NC(=O)OC(C)(C)C. The van der Waals surface area contributed by atoms with E-state index in [0.29, 0.717) is 12.3 Å². The summed E-state index contributed by atoms with van der Waals surface area (Å²) in [5, 5.41) is 12.2. The molecule has 1 aromatic heterocycles. The molecular formula is C14H25N3O4. The Balaban J connectivity index is 2.81. The van der Waals surface area contributed by atoms with E-state index in [1.54, 1.807) is 40.4 Å². The average molecular weight is 299 g/mol. The Morgan fingerprint density at radius 3 is 2.71 bits per heavy atom. The van der Waals surface area contributed by atoms with Gasteiger partial charge in [0.15, 0.2) is 0 Å². The van der Waals surface area contributed by atoms with Crippen LogP contribution in [0.2, 0.25) is 0 Å². The Labute approximate surface area is 125 Å². The minimum absolute atomic E-state index is 0.0435. The molecular weight excluding hydrogens is 274 g/mol. The molecule has 0 spiro atoms. The number of aromatic nitrogens is 2. The van der Waals surface area contributed by atoms with E-state index >= 15 is 0 Å². The number of aliphatic hydroxyl groups excluding tert-OH is 1. The van der Waals surface area contributed by atoms with Crippen molar-refractivity contribution in [3.63, 3.8) is 0 Å². The smallest absolute Gasteiger partial charge is 0.408 e. The van der Waals surface area contributed by atoms with E-state index in [1.807, 2.05) is 11.5 Å². The first kappa shape index (κ1) is 17.5. The lowest BCUT2D eigenvalue weighted by molar-refractivity contribution is 0.0477. The number of hydrogen-bond donors (Lipinski definition) is 2. The molecule has 2 atom stereocenters. The van der Waals surface area contributed by atoms with Crippen molar-refractivity contribution < 1.29 is 19.4 Å². The number of hydrogen-bond acceptors (Lipinski definition) is 5. The van der Waals surface area contributed by atoms with Gasteiger partial charge in [-0.1, -0.05) is 0 Å². The van der Waals surface area contributed by atoms with Crippen LogP contribution in [0, 0.1) is 0 Å². The number of rotatable bonds is 6. The zero-order chi connectivity index (χ0) is 16.0. The molecule has 120 valence electrons. The van der Waals surface area contributed by atoms with E-state index < -0.39 is 17.7 Å². The summed E-state index contributed by atoms with van der Waals surface area (Å²) >= 11 is 0. The molecule has 2 N–H and O–H groups in total. The molecule has 0 aliphatic carbocycles. The third kappa shape index (κ3) is 5.35. The third-order valence-electron chi connectivity index (χ3n) is 2.81. The van der Waals surface area contributed by atoms with Gasteiger partial charge in [-0.3, -0.25) is 0 Å². The van der Waals surface area contributed by atoms with Crippen molar-refractivity contribution in [1.29, 1.82) is 0 Å². The highest BCUT2D eigenvalue weighted by Crippen LogP contribution is 2.18. The fourth-order valence-corrected chi connectivity index (χ4v) is 1.94. The van der Waals surface area contributed by atoms with Gasteiger partial charge in [-0.25, -0.2) is 9.78 Å². The Kier molecular flexibility index (Phi) is 6.17. The summed E-state index contributed by atoms with van der Waals surface area (Å²) in [7, 11) is 1.62. The van der Waals surface area contributed by atoms with E-state index in [0.717, 1.165) is 0 Å². The number of carbonyl (C=O) groups is 1. The van der Waals surface area contributed by atoms with Crippen LogP contribution < -0.4 is 5.32 Å². The zero-order valence-electron chi connectivity index (χ0n) is 13.3. The molecule has 0 radical (unpaired) electrons. The molecule has 7 heteroatoms. The molecule has 1 heterocycles. The largest absolute Gasteiger partial charge is 0.444 e. The number of nitrogens with zero attached hydrogens (tertiary/aromatic N) is 2. The van der Waals surface area contributed by atoms with Crippen LogP contribution in [0.25, 0.3) is 0 Å². The van der Waals surface area contributed by atoms with E-state index in [-0.39, 0.29) is 12.6 Å². The van der Waals surface area contributed by atoms with E-state index in [2.05, 4.69) is 10.3 Å². The van der Waals surface area contributed by atoms with Crippen molar-refractivity contribution in [1.82, 2.24) is 14.9 Å². The van der Waals surface area contributed by atoms with Crippen LogP contribution >= 0.6 is 0 Å². The predicted molar refractivity (Wildman–Crippen MR) is 78.0 cm³/mol. The van der Waals surface area contributed by atoms with E-state index in [1.165, 1.54) is 0 Å². The molecule has 7 nitrogen and oxygen atoms in total. The quantitative estimate of drug-likeness (QED) is 0.834. The Morgan fingerprint density at radius 1 is 1.52 bits per heavy atom. The minimum Gasteiger partial charge on any atom is -0.444 e. The maximum absolute atomic E-state index is 11.8. The molecule has 21 heavy (non-hydrogen) atoms. The first-order valence-electron chi connectivity index (χ1n) is 6.89. The van der Waals surface area contributed by atoms with Gasteiger partial charge in [-0.2, -0.15) is 0 Å². The van der Waals surface area contributed by atoms with Gasteiger partial charge in [-0.05, 0) is 27.7 Å². The number of alkyl carbamates (subject to hydrolysis) is 1. The number of methoxy groups -OCH3 is 1. The van der Waals surface area contributed by atoms with Crippen molar-refractivity contribution in [3.8, 4) is 0 Å².